The van der Waals surface area contributed by atoms with Gasteiger partial charge in [0.25, 0.3) is 0 Å². The number of carbonyl (C=O) groups is 1. The van der Waals surface area contributed by atoms with Gasteiger partial charge in [0.2, 0.25) is 0 Å². The van der Waals surface area contributed by atoms with Gasteiger partial charge in [0, 0.05) is 33.7 Å². The number of rotatable bonds is 4. The summed E-state index contributed by atoms with van der Waals surface area (Å²) in [5.41, 5.74) is 5.89. The van der Waals surface area contributed by atoms with Gasteiger partial charge in [0.1, 0.15) is 0 Å². The zero-order valence-electron chi connectivity index (χ0n) is 9.95. The van der Waals surface area contributed by atoms with Crippen LogP contribution < -0.4 is 5.73 Å². The maximum absolute atomic E-state index is 11.4. The maximum atomic E-state index is 11.4. The lowest BCUT2D eigenvalue weighted by molar-refractivity contribution is 0.179. The van der Waals surface area contributed by atoms with Crippen molar-refractivity contribution in [2.24, 2.45) is 11.7 Å². The number of nitrogens with zero attached hydrogens (tertiary/aromatic N) is 2. The lowest BCUT2D eigenvalue weighted by Gasteiger charge is -2.24. The normalized spacial score (nSPS) is 12.8. The lowest BCUT2D eigenvalue weighted by atomic mass is 10.0. The molecule has 14 heavy (non-hydrogen) atoms. The van der Waals surface area contributed by atoms with E-state index in [2.05, 4.69) is 13.8 Å². The topological polar surface area (TPSA) is 49.6 Å². The van der Waals surface area contributed by atoms with Crippen molar-refractivity contribution in [3.8, 4) is 0 Å². The Balaban J connectivity index is 3.85. The van der Waals surface area contributed by atoms with Crippen LogP contribution in [0.5, 0.6) is 0 Å². The highest BCUT2D eigenvalue weighted by atomic mass is 16.2. The molecule has 1 atom stereocenters. The SMILES string of the molecule is CC(C)C(N)CCN(C)C(=O)N(C)C. The van der Waals surface area contributed by atoms with Crippen LogP contribution in [0.1, 0.15) is 20.3 Å². The van der Waals surface area contributed by atoms with E-state index >= 15 is 0 Å². The van der Waals surface area contributed by atoms with Crippen LogP contribution in [0.4, 0.5) is 4.79 Å². The summed E-state index contributed by atoms with van der Waals surface area (Å²) in [5, 5.41) is 0. The molecular formula is C10H23N3O. The second-order valence-electron chi connectivity index (χ2n) is 4.30. The van der Waals surface area contributed by atoms with Crippen LogP contribution in [0, 0.1) is 5.92 Å². The predicted octanol–water partition coefficient (Wildman–Crippen LogP) is 0.973. The minimum absolute atomic E-state index is 0.0287. The van der Waals surface area contributed by atoms with E-state index in [9.17, 15) is 4.79 Å². The van der Waals surface area contributed by atoms with Gasteiger partial charge in [-0.1, -0.05) is 13.8 Å². The zero-order chi connectivity index (χ0) is 11.3. The Morgan fingerprint density at radius 1 is 1.29 bits per heavy atom. The van der Waals surface area contributed by atoms with E-state index in [0.29, 0.717) is 5.92 Å². The number of carbonyl (C=O) groups excluding carboxylic acids is 1. The Kier molecular flexibility index (Phi) is 5.53. The second-order valence-corrected chi connectivity index (χ2v) is 4.30. The number of hydrogen-bond acceptors (Lipinski definition) is 2. The van der Waals surface area contributed by atoms with Crippen LogP contribution in [0.25, 0.3) is 0 Å². The van der Waals surface area contributed by atoms with Crippen molar-refractivity contribution in [2.75, 3.05) is 27.7 Å². The average molecular weight is 201 g/mol. The first-order valence-corrected chi connectivity index (χ1v) is 5.04. The van der Waals surface area contributed by atoms with Gasteiger partial charge in [0.15, 0.2) is 0 Å². The molecule has 0 radical (unpaired) electrons. The summed E-state index contributed by atoms with van der Waals surface area (Å²) in [6.07, 6.45) is 0.855. The molecule has 0 aliphatic rings. The van der Waals surface area contributed by atoms with Crippen LogP contribution in [0.15, 0.2) is 0 Å². The van der Waals surface area contributed by atoms with Crippen LogP contribution in [0.3, 0.4) is 0 Å². The third kappa shape index (κ3) is 4.46. The quantitative estimate of drug-likeness (QED) is 0.737. The van der Waals surface area contributed by atoms with Crippen molar-refractivity contribution in [1.29, 1.82) is 0 Å². The molecule has 0 aromatic heterocycles. The predicted molar refractivity (Wildman–Crippen MR) is 59.1 cm³/mol. The molecule has 0 bridgehead atoms. The van der Waals surface area contributed by atoms with Crippen molar-refractivity contribution >= 4 is 6.03 Å². The van der Waals surface area contributed by atoms with Gasteiger partial charge in [-0.2, -0.15) is 0 Å². The van der Waals surface area contributed by atoms with Gasteiger partial charge in [-0.05, 0) is 12.3 Å². The monoisotopic (exact) mass is 201 g/mol. The summed E-state index contributed by atoms with van der Waals surface area (Å²) >= 11 is 0. The fourth-order valence-electron chi connectivity index (χ4n) is 1.11. The van der Waals surface area contributed by atoms with E-state index < -0.39 is 0 Å². The molecule has 0 aromatic carbocycles. The fourth-order valence-corrected chi connectivity index (χ4v) is 1.11. The Labute approximate surface area is 87.0 Å². The highest BCUT2D eigenvalue weighted by molar-refractivity contribution is 5.73. The first-order chi connectivity index (χ1) is 6.36. The molecule has 4 nitrogen and oxygen atoms in total. The van der Waals surface area contributed by atoms with Gasteiger partial charge < -0.3 is 15.5 Å². The van der Waals surface area contributed by atoms with Gasteiger partial charge in [-0.3, -0.25) is 0 Å². The van der Waals surface area contributed by atoms with Gasteiger partial charge in [-0.15, -0.1) is 0 Å². The van der Waals surface area contributed by atoms with Crippen LogP contribution in [-0.4, -0.2) is 49.6 Å². The third-order valence-electron chi connectivity index (χ3n) is 2.36. The van der Waals surface area contributed by atoms with E-state index in [0.717, 1.165) is 13.0 Å². The first-order valence-electron chi connectivity index (χ1n) is 5.04. The maximum Gasteiger partial charge on any atom is 0.319 e. The molecule has 0 rings (SSSR count). The summed E-state index contributed by atoms with van der Waals surface area (Å²) < 4.78 is 0. The molecule has 4 heteroatoms. The molecular weight excluding hydrogens is 178 g/mol. The van der Waals surface area contributed by atoms with Crippen LogP contribution in [0.2, 0.25) is 0 Å². The Morgan fingerprint density at radius 2 is 1.79 bits per heavy atom. The molecule has 0 fully saturated rings. The molecule has 2 amide bonds. The number of hydrogen-bond donors (Lipinski definition) is 1. The summed E-state index contributed by atoms with van der Waals surface area (Å²) in [6.45, 7) is 4.91. The summed E-state index contributed by atoms with van der Waals surface area (Å²) in [7, 11) is 5.30. The molecule has 0 saturated carbocycles. The van der Waals surface area contributed by atoms with Crippen LogP contribution in [-0.2, 0) is 0 Å². The Bertz CT molecular complexity index is 180. The molecule has 0 saturated heterocycles. The molecule has 0 aliphatic heterocycles. The lowest BCUT2D eigenvalue weighted by Crippen LogP contribution is -2.39. The minimum atomic E-state index is 0.0287. The second kappa shape index (κ2) is 5.86. The largest absolute Gasteiger partial charge is 0.331 e. The van der Waals surface area contributed by atoms with Gasteiger partial charge in [0.05, 0.1) is 0 Å². The first kappa shape index (κ1) is 13.2. The third-order valence-corrected chi connectivity index (χ3v) is 2.36. The van der Waals surface area contributed by atoms with Crippen LogP contribution >= 0.6 is 0 Å². The van der Waals surface area contributed by atoms with E-state index in [1.807, 2.05) is 0 Å². The van der Waals surface area contributed by atoms with E-state index in [-0.39, 0.29) is 12.1 Å². The summed E-state index contributed by atoms with van der Waals surface area (Å²) in [5.74, 6) is 0.470. The molecule has 2 N–H and O–H groups in total. The van der Waals surface area contributed by atoms with Crippen molar-refractivity contribution in [2.45, 2.75) is 26.3 Å². The van der Waals surface area contributed by atoms with E-state index in [1.54, 1.807) is 30.9 Å². The molecule has 0 spiro atoms. The van der Waals surface area contributed by atoms with E-state index in [4.69, 9.17) is 5.73 Å². The molecule has 84 valence electrons. The molecule has 1 unspecified atom stereocenters. The summed E-state index contributed by atoms with van der Waals surface area (Å²) in [4.78, 5) is 14.7. The Hall–Kier alpha value is -0.770. The number of amides is 2. The zero-order valence-corrected chi connectivity index (χ0v) is 9.95. The van der Waals surface area contributed by atoms with Crippen molar-refractivity contribution in [3.63, 3.8) is 0 Å². The fraction of sp³-hybridized carbons (Fsp3) is 0.900. The van der Waals surface area contributed by atoms with E-state index in [1.165, 1.54) is 0 Å². The number of urea groups is 1. The van der Waals surface area contributed by atoms with Crippen molar-refractivity contribution in [3.05, 3.63) is 0 Å². The molecule has 0 heterocycles. The highest BCUT2D eigenvalue weighted by Crippen LogP contribution is 2.04. The van der Waals surface area contributed by atoms with Crippen molar-refractivity contribution < 1.29 is 4.79 Å². The minimum Gasteiger partial charge on any atom is -0.331 e. The van der Waals surface area contributed by atoms with Gasteiger partial charge in [-0.25, -0.2) is 4.79 Å². The average Bonchev–Trinajstić information content (AvgIpc) is 2.11. The smallest absolute Gasteiger partial charge is 0.319 e. The standard InChI is InChI=1S/C10H23N3O/c1-8(2)9(11)6-7-13(5)10(14)12(3)4/h8-9H,6-7,11H2,1-5H3. The highest BCUT2D eigenvalue weighted by Gasteiger charge is 2.13. The number of nitrogens with two attached hydrogens (primary N) is 1. The Morgan fingerprint density at radius 3 is 2.14 bits per heavy atom. The molecule has 0 aromatic rings. The van der Waals surface area contributed by atoms with Gasteiger partial charge >= 0.3 is 6.03 Å². The molecule has 0 aliphatic carbocycles. The van der Waals surface area contributed by atoms with Crippen molar-refractivity contribution in [1.82, 2.24) is 9.80 Å². The summed E-state index contributed by atoms with van der Waals surface area (Å²) in [6, 6.07) is 0.202.